The molecule has 4 rings (SSSR count). The first kappa shape index (κ1) is 24.9. The lowest BCUT2D eigenvalue weighted by molar-refractivity contribution is -0.0556. The molecule has 0 saturated carbocycles. The Hall–Kier alpha value is -3.17. The third kappa shape index (κ3) is 5.11. The molecule has 1 aromatic carbocycles. The third-order valence-electron chi connectivity index (χ3n) is 5.39. The fourth-order valence-electron chi connectivity index (χ4n) is 3.60. The Labute approximate surface area is 201 Å². The SMILES string of the molecule is COC1[C@@H](O)[C@@H](COS(=O)(=O)c2ccc(C)cc2)O[C@H]1n1cnc2c(=O)[nH]c(/N=C/N(C)C)nc21. The summed E-state index contributed by atoms with van der Waals surface area (Å²) in [7, 11) is 0.839. The molecule has 0 bridgehead atoms. The van der Waals surface area contributed by atoms with Crippen molar-refractivity contribution in [3.8, 4) is 0 Å². The van der Waals surface area contributed by atoms with E-state index < -0.39 is 46.8 Å². The number of nitrogens with zero attached hydrogens (tertiary/aromatic N) is 5. The number of aromatic amines is 1. The smallest absolute Gasteiger partial charge is 0.297 e. The molecular weight excluding hydrogens is 480 g/mol. The number of aliphatic imine (C=N–C) groups is 1. The fraction of sp³-hybridized carbons (Fsp3) is 0.429. The summed E-state index contributed by atoms with van der Waals surface area (Å²) >= 11 is 0. The van der Waals surface area contributed by atoms with Gasteiger partial charge < -0.3 is 19.5 Å². The average molecular weight is 507 g/mol. The number of hydrogen-bond donors (Lipinski definition) is 2. The van der Waals surface area contributed by atoms with Crippen LogP contribution in [0.15, 0.2) is 45.3 Å². The molecule has 1 unspecified atom stereocenters. The summed E-state index contributed by atoms with van der Waals surface area (Å²) in [6.07, 6.45) is -1.35. The molecule has 1 fully saturated rings. The number of rotatable bonds is 8. The summed E-state index contributed by atoms with van der Waals surface area (Å²) in [6.45, 7) is 1.39. The largest absolute Gasteiger partial charge is 0.387 e. The van der Waals surface area contributed by atoms with Gasteiger partial charge in [0.15, 0.2) is 17.4 Å². The summed E-state index contributed by atoms with van der Waals surface area (Å²) in [5.41, 5.74) is 0.604. The number of aryl methyl sites for hydroxylation is 1. The lowest BCUT2D eigenvalue weighted by Crippen LogP contribution is -2.35. The minimum Gasteiger partial charge on any atom is -0.387 e. The first-order valence-electron chi connectivity index (χ1n) is 10.6. The molecule has 3 heterocycles. The molecule has 3 aromatic rings. The number of hydrogen-bond acceptors (Lipinski definition) is 10. The van der Waals surface area contributed by atoms with Gasteiger partial charge in [0.05, 0.1) is 24.2 Å². The van der Waals surface area contributed by atoms with Gasteiger partial charge in [-0.25, -0.2) is 9.98 Å². The number of methoxy groups -OCH3 is 1. The van der Waals surface area contributed by atoms with Crippen LogP contribution < -0.4 is 5.56 Å². The standard InChI is InChI=1S/C21H26N6O7S/c1-12-5-7-13(8-6-12)35(30,31)33-9-14-16(28)17(32-4)20(34-14)27-11-22-15-18(27)24-21(25-19(15)29)23-10-26(2)3/h5-8,10-11,14,16-17,20,28H,9H2,1-4H3,(H,24,25,29)/b23-10+/t14-,16+,17?,20-/m1/s1. The highest BCUT2D eigenvalue weighted by Crippen LogP contribution is 2.33. The van der Waals surface area contributed by atoms with Gasteiger partial charge in [0.1, 0.15) is 18.3 Å². The number of aliphatic hydroxyl groups excluding tert-OH is 1. The number of nitrogens with one attached hydrogen (secondary N) is 1. The van der Waals surface area contributed by atoms with Gasteiger partial charge in [0.25, 0.3) is 15.7 Å². The van der Waals surface area contributed by atoms with Crippen molar-refractivity contribution in [2.24, 2.45) is 4.99 Å². The summed E-state index contributed by atoms with van der Waals surface area (Å²) in [5.74, 6) is 0.0505. The second kappa shape index (κ2) is 9.83. The Balaban J connectivity index is 1.59. The molecule has 13 nitrogen and oxygen atoms in total. The quantitative estimate of drug-likeness (QED) is 0.247. The van der Waals surface area contributed by atoms with Crippen molar-refractivity contribution >= 4 is 33.6 Å². The number of imidazole rings is 1. The number of aromatic nitrogens is 4. The Morgan fingerprint density at radius 3 is 2.69 bits per heavy atom. The Morgan fingerprint density at radius 1 is 1.31 bits per heavy atom. The van der Waals surface area contributed by atoms with E-state index in [1.807, 2.05) is 6.92 Å². The van der Waals surface area contributed by atoms with Gasteiger partial charge in [-0.2, -0.15) is 13.4 Å². The van der Waals surface area contributed by atoms with Crippen LogP contribution in [0.2, 0.25) is 0 Å². The zero-order valence-electron chi connectivity index (χ0n) is 19.5. The molecule has 2 aromatic heterocycles. The molecule has 1 aliphatic rings. The summed E-state index contributed by atoms with van der Waals surface area (Å²) in [5, 5.41) is 10.8. The van der Waals surface area contributed by atoms with Crippen LogP contribution in [-0.2, 0) is 23.8 Å². The van der Waals surface area contributed by atoms with Gasteiger partial charge >= 0.3 is 0 Å². The number of ether oxygens (including phenoxy) is 2. The predicted molar refractivity (Wildman–Crippen MR) is 125 cm³/mol. The zero-order valence-corrected chi connectivity index (χ0v) is 20.3. The van der Waals surface area contributed by atoms with E-state index in [4.69, 9.17) is 13.7 Å². The molecule has 188 valence electrons. The van der Waals surface area contributed by atoms with Gasteiger partial charge in [-0.3, -0.25) is 18.5 Å². The second-order valence-electron chi connectivity index (χ2n) is 8.23. The average Bonchev–Trinajstić information content (AvgIpc) is 3.37. The lowest BCUT2D eigenvalue weighted by Gasteiger charge is -2.19. The molecule has 0 radical (unpaired) electrons. The van der Waals surface area contributed by atoms with Crippen LogP contribution in [0.3, 0.4) is 0 Å². The van der Waals surface area contributed by atoms with Crippen molar-refractivity contribution in [3.63, 3.8) is 0 Å². The number of fused-ring (bicyclic) bond motifs is 1. The van der Waals surface area contributed by atoms with E-state index in [0.29, 0.717) is 0 Å². The van der Waals surface area contributed by atoms with Crippen molar-refractivity contribution < 1.29 is 27.2 Å². The summed E-state index contributed by atoms with van der Waals surface area (Å²) in [6, 6.07) is 6.19. The number of H-pyrrole nitrogens is 1. The van der Waals surface area contributed by atoms with Crippen molar-refractivity contribution in [1.29, 1.82) is 0 Å². The van der Waals surface area contributed by atoms with Gasteiger partial charge in [-0.05, 0) is 19.1 Å². The van der Waals surface area contributed by atoms with Crippen molar-refractivity contribution in [2.45, 2.75) is 36.4 Å². The molecule has 14 heteroatoms. The maximum atomic E-state index is 12.6. The molecular formula is C21H26N6O7S. The van der Waals surface area contributed by atoms with Crippen LogP contribution in [0.1, 0.15) is 11.8 Å². The summed E-state index contributed by atoms with van der Waals surface area (Å²) < 4.78 is 43.1. The molecule has 2 N–H and O–H groups in total. The Morgan fingerprint density at radius 2 is 2.03 bits per heavy atom. The van der Waals surface area contributed by atoms with Crippen LogP contribution in [-0.4, -0.2) is 90.4 Å². The van der Waals surface area contributed by atoms with Crippen LogP contribution >= 0.6 is 0 Å². The van der Waals surface area contributed by atoms with Crippen LogP contribution in [0.4, 0.5) is 5.95 Å². The minimum atomic E-state index is -4.07. The second-order valence-corrected chi connectivity index (χ2v) is 9.84. The third-order valence-corrected chi connectivity index (χ3v) is 6.68. The fourth-order valence-corrected chi connectivity index (χ4v) is 4.52. The van der Waals surface area contributed by atoms with Gasteiger partial charge in [0, 0.05) is 21.2 Å². The van der Waals surface area contributed by atoms with Gasteiger partial charge in [0.2, 0.25) is 5.95 Å². The maximum absolute atomic E-state index is 12.6. The van der Waals surface area contributed by atoms with Crippen LogP contribution in [0, 0.1) is 6.92 Å². The molecule has 0 aliphatic carbocycles. The lowest BCUT2D eigenvalue weighted by atomic mass is 10.1. The molecule has 1 aliphatic heterocycles. The van der Waals surface area contributed by atoms with Crippen molar-refractivity contribution in [2.75, 3.05) is 27.8 Å². The molecule has 1 saturated heterocycles. The van der Waals surface area contributed by atoms with E-state index in [9.17, 15) is 18.3 Å². The minimum absolute atomic E-state index is 0.00901. The van der Waals surface area contributed by atoms with Crippen molar-refractivity contribution in [1.82, 2.24) is 24.4 Å². The predicted octanol–water partition coefficient (Wildman–Crippen LogP) is 0.328. The monoisotopic (exact) mass is 506 g/mol. The van der Waals surface area contributed by atoms with E-state index in [1.54, 1.807) is 31.1 Å². The van der Waals surface area contributed by atoms with E-state index in [0.717, 1.165) is 5.56 Å². The molecule has 4 atom stereocenters. The zero-order chi connectivity index (χ0) is 25.3. The highest BCUT2D eigenvalue weighted by Gasteiger charge is 2.46. The number of benzene rings is 1. The van der Waals surface area contributed by atoms with E-state index >= 15 is 0 Å². The summed E-state index contributed by atoms with van der Waals surface area (Å²) in [4.78, 5) is 29.2. The Bertz CT molecular complexity index is 1380. The van der Waals surface area contributed by atoms with Crippen LogP contribution in [0.5, 0.6) is 0 Å². The first-order chi connectivity index (χ1) is 16.6. The Kier molecular flexibility index (Phi) is 7.00. The van der Waals surface area contributed by atoms with E-state index in [-0.39, 0.29) is 22.0 Å². The van der Waals surface area contributed by atoms with E-state index in [2.05, 4.69) is 19.9 Å². The van der Waals surface area contributed by atoms with Crippen molar-refractivity contribution in [3.05, 3.63) is 46.5 Å². The van der Waals surface area contributed by atoms with Crippen LogP contribution in [0.25, 0.3) is 11.2 Å². The maximum Gasteiger partial charge on any atom is 0.297 e. The molecule has 35 heavy (non-hydrogen) atoms. The molecule has 0 amide bonds. The number of aliphatic hydroxyl groups is 1. The topological polar surface area (TPSA) is 161 Å². The first-order valence-corrected chi connectivity index (χ1v) is 12.0. The normalized spacial score (nSPS) is 22.9. The van der Waals surface area contributed by atoms with E-state index in [1.165, 1.54) is 36.5 Å². The highest BCUT2D eigenvalue weighted by molar-refractivity contribution is 7.86. The van der Waals surface area contributed by atoms with Gasteiger partial charge in [-0.15, -0.1) is 0 Å². The molecule has 0 spiro atoms. The highest BCUT2D eigenvalue weighted by atomic mass is 32.2. The van der Waals surface area contributed by atoms with Gasteiger partial charge in [-0.1, -0.05) is 17.7 Å².